The zero-order valence-electron chi connectivity index (χ0n) is 14.2. The van der Waals surface area contributed by atoms with Gasteiger partial charge in [0.1, 0.15) is 11.5 Å². The number of hydrogen-bond donors (Lipinski definition) is 2. The van der Waals surface area contributed by atoms with E-state index in [2.05, 4.69) is 9.97 Å². The van der Waals surface area contributed by atoms with E-state index in [0.717, 1.165) is 6.42 Å². The molecule has 0 saturated heterocycles. The summed E-state index contributed by atoms with van der Waals surface area (Å²) in [7, 11) is 0. The molecule has 7 nitrogen and oxygen atoms in total. The van der Waals surface area contributed by atoms with Crippen molar-refractivity contribution in [2.75, 3.05) is 6.61 Å². The van der Waals surface area contributed by atoms with Crippen LogP contribution in [0.5, 0.6) is 23.1 Å². The van der Waals surface area contributed by atoms with Gasteiger partial charge in [-0.1, -0.05) is 13.3 Å². The van der Waals surface area contributed by atoms with Crippen molar-refractivity contribution < 1.29 is 24.5 Å². The Morgan fingerprint density at radius 3 is 2.73 bits per heavy atom. The zero-order valence-corrected chi connectivity index (χ0v) is 14.2. The topological polar surface area (TPSA) is 102 Å². The summed E-state index contributed by atoms with van der Waals surface area (Å²) >= 11 is 0. The number of rotatable bonds is 6. The Bertz CT molecular complexity index is 928. The maximum atomic E-state index is 12.1. The third-order valence-corrected chi connectivity index (χ3v) is 3.72. The number of fused-ring (bicyclic) bond motifs is 1. The van der Waals surface area contributed by atoms with E-state index in [0.29, 0.717) is 17.9 Å². The molecule has 0 atom stereocenters. The molecule has 0 spiro atoms. The molecule has 3 aromatic rings. The number of esters is 1. The van der Waals surface area contributed by atoms with Gasteiger partial charge in [0.05, 0.1) is 18.2 Å². The lowest BCUT2D eigenvalue weighted by Gasteiger charge is -2.11. The summed E-state index contributed by atoms with van der Waals surface area (Å²) in [5.74, 6) is -0.548. The highest BCUT2D eigenvalue weighted by molar-refractivity contribution is 6.01. The SMILES string of the molecule is CCCCOC(=O)c1nc(O)c2cc(Oc3cccnc3)ccc2c1O. The fourth-order valence-electron chi connectivity index (χ4n) is 2.39. The predicted octanol–water partition coefficient (Wildman–Crippen LogP) is 3.79. The Morgan fingerprint density at radius 1 is 1.15 bits per heavy atom. The molecular formula is C19H18N2O5. The van der Waals surface area contributed by atoms with E-state index >= 15 is 0 Å². The van der Waals surface area contributed by atoms with Gasteiger partial charge in [-0.05, 0) is 36.8 Å². The van der Waals surface area contributed by atoms with Crippen LogP contribution < -0.4 is 4.74 Å². The molecule has 0 aliphatic rings. The molecule has 2 N–H and O–H groups in total. The van der Waals surface area contributed by atoms with Crippen LogP contribution in [-0.2, 0) is 4.74 Å². The van der Waals surface area contributed by atoms with E-state index in [1.807, 2.05) is 6.92 Å². The highest BCUT2D eigenvalue weighted by Gasteiger charge is 2.20. The van der Waals surface area contributed by atoms with Crippen LogP contribution in [0.25, 0.3) is 10.8 Å². The monoisotopic (exact) mass is 354 g/mol. The van der Waals surface area contributed by atoms with Crippen molar-refractivity contribution in [2.24, 2.45) is 0 Å². The maximum absolute atomic E-state index is 12.1. The Morgan fingerprint density at radius 2 is 2.00 bits per heavy atom. The number of carbonyl (C=O) groups is 1. The van der Waals surface area contributed by atoms with E-state index < -0.39 is 11.8 Å². The number of unbranched alkanes of at least 4 members (excludes halogenated alkanes) is 1. The highest BCUT2D eigenvalue weighted by atomic mass is 16.5. The van der Waals surface area contributed by atoms with E-state index in [1.54, 1.807) is 36.7 Å². The molecule has 0 amide bonds. The molecule has 0 saturated carbocycles. The predicted molar refractivity (Wildman–Crippen MR) is 94.6 cm³/mol. The molecule has 0 fully saturated rings. The van der Waals surface area contributed by atoms with Crippen LogP contribution in [-0.4, -0.2) is 32.8 Å². The first-order valence-electron chi connectivity index (χ1n) is 8.21. The number of carbonyl (C=O) groups excluding carboxylic acids is 1. The van der Waals surface area contributed by atoms with Crippen molar-refractivity contribution >= 4 is 16.7 Å². The Labute approximate surface area is 149 Å². The second kappa shape index (κ2) is 7.69. The van der Waals surface area contributed by atoms with Crippen LogP contribution in [0.1, 0.15) is 30.3 Å². The molecule has 7 heteroatoms. The Kier molecular flexibility index (Phi) is 5.17. The van der Waals surface area contributed by atoms with Crippen LogP contribution in [0, 0.1) is 0 Å². The first-order valence-corrected chi connectivity index (χ1v) is 8.21. The minimum absolute atomic E-state index is 0.229. The van der Waals surface area contributed by atoms with Gasteiger partial charge in [0.25, 0.3) is 0 Å². The quantitative estimate of drug-likeness (QED) is 0.513. The average molecular weight is 354 g/mol. The molecule has 2 aromatic heterocycles. The molecule has 0 bridgehead atoms. The van der Waals surface area contributed by atoms with Crippen molar-refractivity contribution in [2.45, 2.75) is 19.8 Å². The van der Waals surface area contributed by atoms with Gasteiger partial charge in [0, 0.05) is 11.6 Å². The lowest BCUT2D eigenvalue weighted by atomic mass is 10.1. The Balaban J connectivity index is 1.92. The number of aromatic nitrogens is 2. The summed E-state index contributed by atoms with van der Waals surface area (Å²) in [6, 6.07) is 8.15. The molecule has 3 rings (SSSR count). The third-order valence-electron chi connectivity index (χ3n) is 3.72. The minimum Gasteiger partial charge on any atom is -0.505 e. The van der Waals surface area contributed by atoms with E-state index in [9.17, 15) is 15.0 Å². The van der Waals surface area contributed by atoms with Crippen LogP contribution in [0.4, 0.5) is 0 Å². The van der Waals surface area contributed by atoms with E-state index in [4.69, 9.17) is 9.47 Å². The van der Waals surface area contributed by atoms with Gasteiger partial charge < -0.3 is 19.7 Å². The van der Waals surface area contributed by atoms with Gasteiger partial charge in [-0.3, -0.25) is 4.98 Å². The molecule has 0 aliphatic carbocycles. The van der Waals surface area contributed by atoms with Gasteiger partial charge in [0.15, 0.2) is 11.4 Å². The summed E-state index contributed by atoms with van der Waals surface area (Å²) < 4.78 is 10.7. The third kappa shape index (κ3) is 3.66. The normalized spacial score (nSPS) is 10.7. The summed E-state index contributed by atoms with van der Waals surface area (Å²) in [6.45, 7) is 2.20. The van der Waals surface area contributed by atoms with Gasteiger partial charge in [0.2, 0.25) is 5.88 Å². The number of hydrogen-bond acceptors (Lipinski definition) is 7. The molecule has 1 aromatic carbocycles. The smallest absolute Gasteiger partial charge is 0.360 e. The van der Waals surface area contributed by atoms with Gasteiger partial charge in [-0.25, -0.2) is 9.78 Å². The number of ether oxygens (including phenoxy) is 2. The van der Waals surface area contributed by atoms with Gasteiger partial charge >= 0.3 is 5.97 Å². The first-order chi connectivity index (χ1) is 12.6. The second-order valence-corrected chi connectivity index (χ2v) is 5.62. The summed E-state index contributed by atoms with van der Waals surface area (Å²) in [5, 5.41) is 21.1. The van der Waals surface area contributed by atoms with Crippen LogP contribution >= 0.6 is 0 Å². The number of benzene rings is 1. The molecule has 0 aliphatic heterocycles. The largest absolute Gasteiger partial charge is 0.505 e. The molecule has 0 unspecified atom stereocenters. The first kappa shape index (κ1) is 17.5. The lowest BCUT2D eigenvalue weighted by Crippen LogP contribution is -2.09. The standard InChI is InChI=1S/C19H18N2O5/c1-2-3-9-25-19(24)16-17(22)14-7-6-12(10-15(14)18(23)21-16)26-13-5-4-8-20-11-13/h4-8,10-11,22H,2-3,9H2,1H3,(H,21,23). The highest BCUT2D eigenvalue weighted by Crippen LogP contribution is 2.36. The van der Waals surface area contributed by atoms with Gasteiger partial charge in [-0.2, -0.15) is 0 Å². The van der Waals surface area contributed by atoms with Crippen molar-refractivity contribution in [3.05, 3.63) is 48.4 Å². The maximum Gasteiger partial charge on any atom is 0.360 e. The summed E-state index contributed by atoms with van der Waals surface area (Å²) in [4.78, 5) is 19.8. The summed E-state index contributed by atoms with van der Waals surface area (Å²) in [5.41, 5.74) is -0.313. The van der Waals surface area contributed by atoms with E-state index in [1.165, 1.54) is 6.07 Å². The number of pyridine rings is 2. The molecule has 134 valence electrons. The molecule has 0 radical (unpaired) electrons. The van der Waals surface area contributed by atoms with Crippen LogP contribution in [0.3, 0.4) is 0 Å². The number of aromatic hydroxyl groups is 2. The second-order valence-electron chi connectivity index (χ2n) is 5.62. The zero-order chi connectivity index (χ0) is 18.5. The summed E-state index contributed by atoms with van der Waals surface area (Å²) in [6.07, 6.45) is 4.76. The average Bonchev–Trinajstić information content (AvgIpc) is 2.65. The van der Waals surface area contributed by atoms with Gasteiger partial charge in [-0.15, -0.1) is 0 Å². The molecular weight excluding hydrogens is 336 g/mol. The fraction of sp³-hybridized carbons (Fsp3) is 0.211. The van der Waals surface area contributed by atoms with Crippen molar-refractivity contribution in [3.63, 3.8) is 0 Å². The van der Waals surface area contributed by atoms with Crippen molar-refractivity contribution in [1.82, 2.24) is 9.97 Å². The van der Waals surface area contributed by atoms with E-state index in [-0.39, 0.29) is 28.8 Å². The van der Waals surface area contributed by atoms with Crippen LogP contribution in [0.15, 0.2) is 42.7 Å². The lowest BCUT2D eigenvalue weighted by molar-refractivity contribution is 0.0488. The van der Waals surface area contributed by atoms with Crippen molar-refractivity contribution in [3.8, 4) is 23.1 Å². The Hall–Kier alpha value is -3.35. The molecule has 26 heavy (non-hydrogen) atoms. The fourth-order valence-corrected chi connectivity index (χ4v) is 2.39. The molecule has 2 heterocycles. The number of nitrogens with zero attached hydrogens (tertiary/aromatic N) is 2. The van der Waals surface area contributed by atoms with Crippen molar-refractivity contribution in [1.29, 1.82) is 0 Å². The minimum atomic E-state index is -0.774. The van der Waals surface area contributed by atoms with Crippen LogP contribution in [0.2, 0.25) is 0 Å².